The Morgan fingerprint density at radius 3 is 2.68 bits per heavy atom. The Hall–Kier alpha value is -1.10. The normalized spacial score (nSPS) is 29.2. The van der Waals surface area contributed by atoms with Crippen LogP contribution in [0, 0.1) is 0 Å². The van der Waals surface area contributed by atoms with Gasteiger partial charge in [-0.2, -0.15) is 0 Å². The van der Waals surface area contributed by atoms with Crippen LogP contribution in [0.5, 0.6) is 0 Å². The molecule has 108 valence electrons. The fraction of sp³-hybridized carbons (Fsp3) is 0.857. The highest BCUT2D eigenvalue weighted by atomic mass is 16.4. The molecule has 2 N–H and O–H groups in total. The lowest BCUT2D eigenvalue weighted by molar-refractivity contribution is -0.153. The molecule has 1 aliphatic heterocycles. The molecule has 2 atom stereocenters. The zero-order valence-corrected chi connectivity index (χ0v) is 11.8. The summed E-state index contributed by atoms with van der Waals surface area (Å²) in [7, 11) is 0. The molecule has 2 rings (SSSR count). The highest BCUT2D eigenvalue weighted by Crippen LogP contribution is 2.36. The molecule has 1 saturated heterocycles. The summed E-state index contributed by atoms with van der Waals surface area (Å²) in [5.41, 5.74) is -0.838. The molecule has 2 aliphatic rings. The largest absolute Gasteiger partial charge is 0.480 e. The number of rotatable bonds is 6. The van der Waals surface area contributed by atoms with Gasteiger partial charge in [-0.05, 0) is 39.0 Å². The highest BCUT2D eigenvalue weighted by molar-refractivity contribution is 5.85. The third-order valence-electron chi connectivity index (χ3n) is 4.37. The maximum absolute atomic E-state index is 12.1. The van der Waals surface area contributed by atoms with Crippen LogP contribution in [0.15, 0.2) is 0 Å². The van der Waals surface area contributed by atoms with Crippen LogP contribution in [-0.4, -0.2) is 46.1 Å². The van der Waals surface area contributed by atoms with Crippen LogP contribution in [0.1, 0.15) is 52.4 Å². The molecule has 0 aromatic heterocycles. The molecule has 2 unspecified atom stereocenters. The van der Waals surface area contributed by atoms with Crippen molar-refractivity contribution >= 4 is 11.9 Å². The van der Waals surface area contributed by atoms with Gasteiger partial charge in [-0.25, -0.2) is 0 Å². The summed E-state index contributed by atoms with van der Waals surface area (Å²) in [5, 5.41) is 12.6. The quantitative estimate of drug-likeness (QED) is 0.763. The summed E-state index contributed by atoms with van der Waals surface area (Å²) in [4.78, 5) is 25.8. The van der Waals surface area contributed by atoms with Crippen molar-refractivity contribution in [2.45, 2.75) is 70.0 Å². The Morgan fingerprint density at radius 2 is 2.16 bits per heavy atom. The van der Waals surface area contributed by atoms with Gasteiger partial charge >= 0.3 is 5.97 Å². The second-order valence-electron chi connectivity index (χ2n) is 5.84. The zero-order chi connectivity index (χ0) is 14.0. The number of nitrogens with zero attached hydrogens (tertiary/aromatic N) is 1. The molecule has 0 radical (unpaired) electrons. The van der Waals surface area contributed by atoms with E-state index in [1.165, 1.54) is 0 Å². The van der Waals surface area contributed by atoms with Gasteiger partial charge in [-0.1, -0.05) is 13.3 Å². The number of carboxylic acid groups (broad SMARTS) is 1. The van der Waals surface area contributed by atoms with Gasteiger partial charge in [0.15, 0.2) is 0 Å². The molecule has 5 nitrogen and oxygen atoms in total. The van der Waals surface area contributed by atoms with Gasteiger partial charge in [0.05, 0.1) is 6.04 Å². The Bertz CT molecular complexity index is 368. The summed E-state index contributed by atoms with van der Waals surface area (Å²) in [5.74, 6) is -0.802. The smallest absolute Gasteiger partial charge is 0.324 e. The van der Waals surface area contributed by atoms with Crippen LogP contribution in [0.2, 0.25) is 0 Å². The number of amides is 1. The van der Waals surface area contributed by atoms with Crippen LogP contribution >= 0.6 is 0 Å². The molecule has 1 aliphatic carbocycles. The molecule has 1 amide bonds. The summed E-state index contributed by atoms with van der Waals surface area (Å²) in [6.45, 7) is 4.53. The van der Waals surface area contributed by atoms with Gasteiger partial charge in [-0.3, -0.25) is 14.5 Å². The Labute approximate surface area is 114 Å². The first-order chi connectivity index (χ1) is 9.01. The third-order valence-corrected chi connectivity index (χ3v) is 4.37. The molecule has 19 heavy (non-hydrogen) atoms. The monoisotopic (exact) mass is 268 g/mol. The predicted molar refractivity (Wildman–Crippen MR) is 71.8 cm³/mol. The van der Waals surface area contributed by atoms with Gasteiger partial charge in [0.2, 0.25) is 5.91 Å². The second kappa shape index (κ2) is 5.49. The molecule has 1 saturated carbocycles. The van der Waals surface area contributed by atoms with E-state index in [0.29, 0.717) is 25.4 Å². The van der Waals surface area contributed by atoms with Crippen LogP contribution in [0.3, 0.4) is 0 Å². The van der Waals surface area contributed by atoms with E-state index >= 15 is 0 Å². The number of likely N-dealkylation sites (tertiary alicyclic amines) is 1. The van der Waals surface area contributed by atoms with Crippen molar-refractivity contribution in [2.24, 2.45) is 0 Å². The van der Waals surface area contributed by atoms with Crippen molar-refractivity contribution in [1.82, 2.24) is 10.2 Å². The first-order valence-corrected chi connectivity index (χ1v) is 7.32. The third kappa shape index (κ3) is 2.76. The van der Waals surface area contributed by atoms with Crippen molar-refractivity contribution in [3.8, 4) is 0 Å². The molecule has 0 spiro atoms. The second-order valence-corrected chi connectivity index (χ2v) is 5.84. The maximum Gasteiger partial charge on any atom is 0.324 e. The lowest BCUT2D eigenvalue weighted by Gasteiger charge is -2.38. The van der Waals surface area contributed by atoms with Crippen molar-refractivity contribution in [3.05, 3.63) is 0 Å². The minimum atomic E-state index is -0.838. The number of carbonyl (C=O) groups is 2. The summed E-state index contributed by atoms with van der Waals surface area (Å²) < 4.78 is 0. The molecule has 0 bridgehead atoms. The fourth-order valence-corrected chi connectivity index (χ4v) is 3.17. The Kier molecular flexibility index (Phi) is 4.13. The number of carbonyl (C=O) groups excluding carboxylic acids is 1. The molecule has 0 aromatic rings. The number of nitrogens with one attached hydrogen (secondary N) is 1. The lowest BCUT2D eigenvalue weighted by Crippen LogP contribution is -2.57. The van der Waals surface area contributed by atoms with E-state index in [9.17, 15) is 14.7 Å². The van der Waals surface area contributed by atoms with Crippen LogP contribution in [0.4, 0.5) is 0 Å². The first kappa shape index (κ1) is 14.3. The molecule has 2 fully saturated rings. The Balaban J connectivity index is 2.10. The van der Waals surface area contributed by atoms with E-state index in [2.05, 4.69) is 5.32 Å². The summed E-state index contributed by atoms with van der Waals surface area (Å²) in [6.07, 6.45) is 5.04. The van der Waals surface area contributed by atoms with Gasteiger partial charge in [0.1, 0.15) is 5.54 Å². The minimum absolute atomic E-state index is 0.0221. The molecular weight excluding hydrogens is 244 g/mol. The summed E-state index contributed by atoms with van der Waals surface area (Å²) in [6, 6.07) is -0.0336. The van der Waals surface area contributed by atoms with E-state index in [1.54, 1.807) is 0 Å². The van der Waals surface area contributed by atoms with E-state index in [-0.39, 0.29) is 11.9 Å². The number of aliphatic carboxylic acids is 1. The standard InChI is InChI=1S/C14H24N2O3/c1-3-7-14(13(18)19)8-4-9-16(14)10(2)12(17)15-11-5-6-11/h10-11H,3-9H2,1-2H3,(H,15,17)(H,18,19). The maximum atomic E-state index is 12.1. The molecule has 0 aromatic carbocycles. The fourth-order valence-electron chi connectivity index (χ4n) is 3.17. The Morgan fingerprint density at radius 1 is 1.47 bits per heavy atom. The lowest BCUT2D eigenvalue weighted by atomic mass is 9.89. The van der Waals surface area contributed by atoms with Gasteiger partial charge < -0.3 is 10.4 Å². The van der Waals surface area contributed by atoms with E-state index in [1.807, 2.05) is 18.7 Å². The molecule has 1 heterocycles. The van der Waals surface area contributed by atoms with E-state index in [4.69, 9.17) is 0 Å². The van der Waals surface area contributed by atoms with Gasteiger partial charge in [0.25, 0.3) is 0 Å². The van der Waals surface area contributed by atoms with Gasteiger partial charge in [0, 0.05) is 12.6 Å². The van der Waals surface area contributed by atoms with E-state index < -0.39 is 11.5 Å². The SMILES string of the molecule is CCCC1(C(=O)O)CCCN1C(C)C(=O)NC1CC1. The topological polar surface area (TPSA) is 69.6 Å². The zero-order valence-electron chi connectivity index (χ0n) is 11.8. The van der Waals surface area contributed by atoms with E-state index in [0.717, 1.165) is 25.7 Å². The number of hydrogen-bond acceptors (Lipinski definition) is 3. The van der Waals surface area contributed by atoms with Crippen molar-refractivity contribution < 1.29 is 14.7 Å². The first-order valence-electron chi connectivity index (χ1n) is 7.32. The van der Waals surface area contributed by atoms with Crippen molar-refractivity contribution in [1.29, 1.82) is 0 Å². The number of carboxylic acids is 1. The average Bonchev–Trinajstić information content (AvgIpc) is 3.06. The highest BCUT2D eigenvalue weighted by Gasteiger charge is 2.50. The van der Waals surface area contributed by atoms with Crippen molar-refractivity contribution in [2.75, 3.05) is 6.54 Å². The predicted octanol–water partition coefficient (Wildman–Crippen LogP) is 1.37. The average molecular weight is 268 g/mol. The van der Waals surface area contributed by atoms with Crippen molar-refractivity contribution in [3.63, 3.8) is 0 Å². The van der Waals surface area contributed by atoms with Crippen LogP contribution in [0.25, 0.3) is 0 Å². The summed E-state index contributed by atoms with van der Waals surface area (Å²) >= 11 is 0. The van der Waals surface area contributed by atoms with Gasteiger partial charge in [-0.15, -0.1) is 0 Å². The van der Waals surface area contributed by atoms with Crippen LogP contribution in [-0.2, 0) is 9.59 Å². The molecular formula is C14H24N2O3. The molecule has 5 heteroatoms. The van der Waals surface area contributed by atoms with Crippen LogP contribution < -0.4 is 5.32 Å². The number of hydrogen-bond donors (Lipinski definition) is 2. The minimum Gasteiger partial charge on any atom is -0.480 e.